The van der Waals surface area contributed by atoms with Crippen molar-refractivity contribution in [1.29, 1.82) is 0 Å². The molecule has 1 saturated carbocycles. The molecule has 7 heteroatoms. The lowest BCUT2D eigenvalue weighted by Gasteiger charge is -2.27. The van der Waals surface area contributed by atoms with E-state index in [4.69, 9.17) is 0 Å². The number of urea groups is 1. The largest absolute Gasteiger partial charge is 0.401 e. The zero-order valence-corrected chi connectivity index (χ0v) is 13.9. The quantitative estimate of drug-likeness (QED) is 0.837. The smallest absolute Gasteiger partial charge is 0.335 e. The average Bonchev–Trinajstić information content (AvgIpc) is 2.95. The molecule has 0 aromatic heterocycles. The summed E-state index contributed by atoms with van der Waals surface area (Å²) in [5, 5.41) is 3.08. The molecule has 2 aliphatic rings. The van der Waals surface area contributed by atoms with Crippen LogP contribution in [0.4, 0.5) is 18.0 Å². The summed E-state index contributed by atoms with van der Waals surface area (Å²) in [7, 11) is 0. The van der Waals surface area contributed by atoms with E-state index in [1.54, 1.807) is 11.8 Å². The van der Waals surface area contributed by atoms with Gasteiger partial charge in [-0.2, -0.15) is 13.2 Å². The standard InChI is InChI=1S/C16H28F3N3O/c1-2-21(12-16(17,18)19)10-13-8-9-22(11-13)15(23)20-14-6-4-3-5-7-14/h13-14H,2-12H2,1H3,(H,20,23)/t13-/m1/s1. The third kappa shape index (κ3) is 6.20. The van der Waals surface area contributed by atoms with Gasteiger partial charge in [0, 0.05) is 25.7 Å². The van der Waals surface area contributed by atoms with Crippen LogP contribution in [0.25, 0.3) is 0 Å². The molecule has 1 heterocycles. The minimum atomic E-state index is -4.16. The van der Waals surface area contributed by atoms with Crippen LogP contribution in [-0.2, 0) is 0 Å². The van der Waals surface area contributed by atoms with Crippen LogP contribution in [0.1, 0.15) is 45.4 Å². The van der Waals surface area contributed by atoms with Crippen molar-refractivity contribution in [3.8, 4) is 0 Å². The predicted molar refractivity (Wildman–Crippen MR) is 83.3 cm³/mol. The van der Waals surface area contributed by atoms with Gasteiger partial charge in [0.2, 0.25) is 0 Å². The van der Waals surface area contributed by atoms with E-state index < -0.39 is 12.7 Å². The maximum Gasteiger partial charge on any atom is 0.401 e. The molecule has 1 saturated heterocycles. The maximum atomic E-state index is 12.5. The lowest BCUT2D eigenvalue weighted by atomic mass is 9.96. The van der Waals surface area contributed by atoms with Crippen molar-refractivity contribution in [1.82, 2.24) is 15.1 Å². The number of amides is 2. The molecule has 1 aliphatic carbocycles. The normalized spacial score (nSPS) is 23.5. The van der Waals surface area contributed by atoms with Crippen LogP contribution in [0.3, 0.4) is 0 Å². The van der Waals surface area contributed by atoms with Crippen LogP contribution in [0.2, 0.25) is 0 Å². The van der Waals surface area contributed by atoms with Gasteiger partial charge in [-0.05, 0) is 31.7 Å². The Labute approximate surface area is 136 Å². The molecular weight excluding hydrogens is 307 g/mol. The average molecular weight is 335 g/mol. The molecule has 2 fully saturated rings. The van der Waals surface area contributed by atoms with Crippen LogP contribution in [0, 0.1) is 5.92 Å². The van der Waals surface area contributed by atoms with Crippen molar-refractivity contribution >= 4 is 6.03 Å². The molecule has 0 spiro atoms. The van der Waals surface area contributed by atoms with Crippen LogP contribution in [0.5, 0.6) is 0 Å². The van der Waals surface area contributed by atoms with Crippen LogP contribution in [0.15, 0.2) is 0 Å². The number of carbonyl (C=O) groups excluding carboxylic acids is 1. The minimum absolute atomic E-state index is 0.0433. The number of hydrogen-bond donors (Lipinski definition) is 1. The number of nitrogens with one attached hydrogen (secondary N) is 1. The predicted octanol–water partition coefficient (Wildman–Crippen LogP) is 3.23. The van der Waals surface area contributed by atoms with Gasteiger partial charge in [-0.25, -0.2) is 4.79 Å². The topological polar surface area (TPSA) is 35.6 Å². The number of halogens is 3. The van der Waals surface area contributed by atoms with Crippen molar-refractivity contribution in [2.75, 3.05) is 32.7 Å². The highest BCUT2D eigenvalue weighted by atomic mass is 19.4. The highest BCUT2D eigenvalue weighted by Gasteiger charge is 2.33. The van der Waals surface area contributed by atoms with Gasteiger partial charge in [-0.15, -0.1) is 0 Å². The summed E-state index contributed by atoms with van der Waals surface area (Å²) < 4.78 is 37.5. The third-order valence-corrected chi connectivity index (χ3v) is 4.87. The molecular formula is C16H28F3N3O. The van der Waals surface area contributed by atoms with Gasteiger partial charge in [0.15, 0.2) is 0 Å². The summed E-state index contributed by atoms with van der Waals surface area (Å²) >= 11 is 0. The first-order valence-corrected chi connectivity index (χ1v) is 8.72. The van der Waals surface area contributed by atoms with Gasteiger partial charge >= 0.3 is 12.2 Å². The van der Waals surface area contributed by atoms with Gasteiger partial charge in [0.25, 0.3) is 0 Å². The second-order valence-electron chi connectivity index (χ2n) is 6.83. The number of likely N-dealkylation sites (tertiary alicyclic amines) is 1. The van der Waals surface area contributed by atoms with E-state index in [9.17, 15) is 18.0 Å². The molecule has 2 amide bonds. The van der Waals surface area contributed by atoms with E-state index in [2.05, 4.69) is 5.32 Å². The molecule has 134 valence electrons. The third-order valence-electron chi connectivity index (χ3n) is 4.87. The fraction of sp³-hybridized carbons (Fsp3) is 0.938. The van der Waals surface area contributed by atoms with Gasteiger partial charge < -0.3 is 10.2 Å². The second-order valence-corrected chi connectivity index (χ2v) is 6.83. The van der Waals surface area contributed by atoms with E-state index in [0.29, 0.717) is 26.2 Å². The van der Waals surface area contributed by atoms with E-state index in [1.807, 2.05) is 0 Å². The number of alkyl halides is 3. The van der Waals surface area contributed by atoms with Crippen LogP contribution >= 0.6 is 0 Å². The molecule has 4 nitrogen and oxygen atoms in total. The summed E-state index contributed by atoms with van der Waals surface area (Å²) in [5.41, 5.74) is 0. The maximum absolute atomic E-state index is 12.5. The first kappa shape index (κ1) is 18.4. The molecule has 0 aromatic rings. The number of nitrogens with zero attached hydrogens (tertiary/aromatic N) is 2. The minimum Gasteiger partial charge on any atom is -0.335 e. The summed E-state index contributed by atoms with van der Waals surface area (Å²) in [6, 6.07) is 0.228. The van der Waals surface area contributed by atoms with Gasteiger partial charge in [-0.3, -0.25) is 4.90 Å². The number of rotatable bonds is 5. The molecule has 0 bridgehead atoms. The molecule has 1 aliphatic heterocycles. The Morgan fingerprint density at radius 2 is 1.91 bits per heavy atom. The van der Waals surface area contributed by atoms with Gasteiger partial charge in [0.1, 0.15) is 0 Å². The summed E-state index contributed by atoms with van der Waals surface area (Å²) in [6.07, 6.45) is 2.27. The van der Waals surface area contributed by atoms with Gasteiger partial charge in [-0.1, -0.05) is 26.2 Å². The molecule has 1 atom stereocenters. The Balaban J connectivity index is 1.75. The highest BCUT2D eigenvalue weighted by molar-refractivity contribution is 5.74. The fourth-order valence-corrected chi connectivity index (χ4v) is 3.60. The highest BCUT2D eigenvalue weighted by Crippen LogP contribution is 2.22. The Morgan fingerprint density at radius 1 is 1.22 bits per heavy atom. The van der Waals surface area contributed by atoms with Crippen molar-refractivity contribution in [2.45, 2.75) is 57.7 Å². The fourth-order valence-electron chi connectivity index (χ4n) is 3.60. The van der Waals surface area contributed by atoms with E-state index in [-0.39, 0.29) is 18.0 Å². The van der Waals surface area contributed by atoms with Crippen molar-refractivity contribution in [3.63, 3.8) is 0 Å². The van der Waals surface area contributed by atoms with Crippen molar-refractivity contribution in [2.24, 2.45) is 5.92 Å². The molecule has 2 rings (SSSR count). The van der Waals surface area contributed by atoms with Gasteiger partial charge in [0.05, 0.1) is 6.54 Å². The Kier molecular flexibility index (Phi) is 6.56. The summed E-state index contributed by atoms with van der Waals surface area (Å²) in [4.78, 5) is 15.5. The zero-order chi connectivity index (χ0) is 16.9. The zero-order valence-electron chi connectivity index (χ0n) is 13.9. The Hall–Kier alpha value is -0.980. The van der Waals surface area contributed by atoms with E-state index in [0.717, 1.165) is 32.1 Å². The monoisotopic (exact) mass is 335 g/mol. The Morgan fingerprint density at radius 3 is 2.52 bits per heavy atom. The van der Waals surface area contributed by atoms with Crippen LogP contribution in [-0.4, -0.2) is 60.8 Å². The van der Waals surface area contributed by atoms with Crippen molar-refractivity contribution in [3.05, 3.63) is 0 Å². The summed E-state index contributed by atoms with van der Waals surface area (Å²) in [6.45, 7) is 2.87. The SMILES string of the molecule is CCN(C[C@H]1CCN(C(=O)NC2CCCCC2)C1)CC(F)(F)F. The second kappa shape index (κ2) is 8.22. The van der Waals surface area contributed by atoms with E-state index >= 15 is 0 Å². The molecule has 23 heavy (non-hydrogen) atoms. The first-order valence-electron chi connectivity index (χ1n) is 8.72. The summed E-state index contributed by atoms with van der Waals surface area (Å²) in [5.74, 6) is 0.134. The lowest BCUT2D eigenvalue weighted by molar-refractivity contribution is -0.146. The Bertz CT molecular complexity index is 383. The number of carbonyl (C=O) groups is 1. The molecule has 0 radical (unpaired) electrons. The number of hydrogen-bond acceptors (Lipinski definition) is 2. The van der Waals surface area contributed by atoms with Crippen LogP contribution < -0.4 is 5.32 Å². The molecule has 0 unspecified atom stereocenters. The lowest BCUT2D eigenvalue weighted by Crippen LogP contribution is -2.45. The molecule has 1 N–H and O–H groups in total. The van der Waals surface area contributed by atoms with E-state index in [1.165, 1.54) is 11.3 Å². The van der Waals surface area contributed by atoms with Crippen molar-refractivity contribution < 1.29 is 18.0 Å². The first-order chi connectivity index (χ1) is 10.9. The molecule has 0 aromatic carbocycles.